The van der Waals surface area contributed by atoms with Gasteiger partial charge in [-0.25, -0.2) is 4.79 Å². The summed E-state index contributed by atoms with van der Waals surface area (Å²) in [5.74, 6) is -0.348. The molecule has 4 N–H and O–H groups in total. The van der Waals surface area contributed by atoms with Crippen molar-refractivity contribution in [1.29, 1.82) is 0 Å². The first kappa shape index (κ1) is 16.3. The van der Waals surface area contributed by atoms with Gasteiger partial charge < -0.3 is 21.1 Å². The third-order valence-corrected chi connectivity index (χ3v) is 3.53. The van der Waals surface area contributed by atoms with Gasteiger partial charge in [0.15, 0.2) is 0 Å². The van der Waals surface area contributed by atoms with Gasteiger partial charge in [0.1, 0.15) is 6.54 Å². The number of carboxylic acid groups (broad SMARTS) is 1. The predicted molar refractivity (Wildman–Crippen MR) is 73.2 cm³/mol. The summed E-state index contributed by atoms with van der Waals surface area (Å²) in [7, 11) is 0. The molecule has 0 aromatic rings. The molecule has 0 aromatic heterocycles. The lowest BCUT2D eigenvalue weighted by Gasteiger charge is -2.26. The first-order valence-electron chi connectivity index (χ1n) is 6.97. The summed E-state index contributed by atoms with van der Waals surface area (Å²) in [5, 5.41) is 15.7. The molecule has 1 aliphatic carbocycles. The Labute approximate surface area is 118 Å². The summed E-state index contributed by atoms with van der Waals surface area (Å²) in [6.07, 6.45) is 4.65. The number of rotatable bonds is 6. The molecular formula is C13H23N3O4. The monoisotopic (exact) mass is 285 g/mol. The molecule has 3 amide bonds. The smallest absolute Gasteiger partial charge is 0.322 e. The number of nitrogens with one attached hydrogen (secondary N) is 3. The molecule has 0 atom stereocenters. The maximum atomic E-state index is 11.5. The zero-order chi connectivity index (χ0) is 15.0. The SMILES string of the molecule is CC1CCC(CNC(=O)NCC(=O)NCC(=O)O)CC1. The highest BCUT2D eigenvalue weighted by Crippen LogP contribution is 2.27. The lowest BCUT2D eigenvalue weighted by molar-refractivity contribution is -0.137. The minimum Gasteiger partial charge on any atom is -0.480 e. The highest BCUT2D eigenvalue weighted by Gasteiger charge is 2.18. The van der Waals surface area contributed by atoms with Crippen molar-refractivity contribution in [2.45, 2.75) is 32.6 Å². The summed E-state index contributed by atoms with van der Waals surface area (Å²) in [4.78, 5) is 32.9. The van der Waals surface area contributed by atoms with Crippen molar-refractivity contribution in [3.8, 4) is 0 Å². The van der Waals surface area contributed by atoms with Crippen LogP contribution in [0.1, 0.15) is 32.6 Å². The normalized spacial score (nSPS) is 21.9. The maximum absolute atomic E-state index is 11.5. The molecule has 0 bridgehead atoms. The molecule has 114 valence electrons. The summed E-state index contributed by atoms with van der Waals surface area (Å²) in [5.41, 5.74) is 0. The van der Waals surface area contributed by atoms with Crippen LogP contribution in [0.3, 0.4) is 0 Å². The number of hydrogen-bond acceptors (Lipinski definition) is 3. The topological polar surface area (TPSA) is 108 Å². The van der Waals surface area contributed by atoms with Crippen LogP contribution < -0.4 is 16.0 Å². The maximum Gasteiger partial charge on any atom is 0.322 e. The molecule has 0 spiro atoms. The van der Waals surface area contributed by atoms with Gasteiger partial charge in [0.2, 0.25) is 5.91 Å². The fraction of sp³-hybridized carbons (Fsp3) is 0.769. The van der Waals surface area contributed by atoms with E-state index in [1.54, 1.807) is 0 Å². The van der Waals surface area contributed by atoms with Crippen molar-refractivity contribution >= 4 is 17.9 Å². The van der Waals surface area contributed by atoms with Crippen LogP contribution in [-0.2, 0) is 9.59 Å². The molecule has 1 saturated carbocycles. The minimum absolute atomic E-state index is 0.221. The first-order valence-corrected chi connectivity index (χ1v) is 6.97. The Morgan fingerprint density at radius 2 is 1.65 bits per heavy atom. The van der Waals surface area contributed by atoms with Crippen molar-refractivity contribution in [3.63, 3.8) is 0 Å². The van der Waals surface area contributed by atoms with Gasteiger partial charge in [-0.15, -0.1) is 0 Å². The minimum atomic E-state index is -1.12. The molecule has 0 heterocycles. The molecule has 0 aromatic carbocycles. The van der Waals surface area contributed by atoms with E-state index in [4.69, 9.17) is 5.11 Å². The Morgan fingerprint density at radius 1 is 1.00 bits per heavy atom. The van der Waals surface area contributed by atoms with Crippen molar-refractivity contribution < 1.29 is 19.5 Å². The molecule has 0 saturated heterocycles. The zero-order valence-electron chi connectivity index (χ0n) is 11.8. The van der Waals surface area contributed by atoms with E-state index in [0.717, 1.165) is 18.8 Å². The molecule has 7 nitrogen and oxygen atoms in total. The first-order chi connectivity index (χ1) is 9.47. The zero-order valence-corrected chi connectivity index (χ0v) is 11.8. The second kappa shape index (κ2) is 8.39. The van der Waals surface area contributed by atoms with E-state index in [0.29, 0.717) is 12.5 Å². The van der Waals surface area contributed by atoms with Gasteiger partial charge in [0.25, 0.3) is 0 Å². The van der Waals surface area contributed by atoms with Gasteiger partial charge in [-0.05, 0) is 24.7 Å². The van der Waals surface area contributed by atoms with Gasteiger partial charge in [-0.3, -0.25) is 9.59 Å². The van der Waals surface area contributed by atoms with E-state index >= 15 is 0 Å². The van der Waals surface area contributed by atoms with Gasteiger partial charge in [0, 0.05) is 6.54 Å². The highest BCUT2D eigenvalue weighted by atomic mass is 16.4. The van der Waals surface area contributed by atoms with Crippen LogP contribution in [0.5, 0.6) is 0 Å². The van der Waals surface area contributed by atoms with Gasteiger partial charge in [-0.2, -0.15) is 0 Å². The number of carbonyl (C=O) groups excluding carboxylic acids is 2. The van der Waals surface area contributed by atoms with Crippen LogP contribution in [0.25, 0.3) is 0 Å². The Kier molecular flexibility index (Phi) is 6.83. The highest BCUT2D eigenvalue weighted by molar-refractivity contribution is 5.86. The molecule has 0 unspecified atom stereocenters. The second-order valence-electron chi connectivity index (χ2n) is 5.36. The van der Waals surface area contributed by atoms with Crippen molar-refractivity contribution in [3.05, 3.63) is 0 Å². The van der Waals surface area contributed by atoms with Gasteiger partial charge in [-0.1, -0.05) is 19.8 Å². The van der Waals surface area contributed by atoms with E-state index in [-0.39, 0.29) is 6.54 Å². The van der Waals surface area contributed by atoms with E-state index in [1.165, 1.54) is 12.8 Å². The fourth-order valence-corrected chi connectivity index (χ4v) is 2.23. The Balaban J connectivity index is 2.08. The molecule has 1 fully saturated rings. The number of urea groups is 1. The number of carboxylic acids is 1. The fourth-order valence-electron chi connectivity index (χ4n) is 2.23. The van der Waals surface area contributed by atoms with E-state index < -0.39 is 24.5 Å². The molecule has 7 heteroatoms. The standard InChI is InChI=1S/C13H23N3O4/c1-9-2-4-10(5-3-9)6-15-13(20)16-7-11(17)14-8-12(18)19/h9-10H,2-8H2,1H3,(H,14,17)(H,18,19)(H2,15,16,20). The van der Waals surface area contributed by atoms with E-state index in [2.05, 4.69) is 22.9 Å². The summed E-state index contributed by atoms with van der Waals surface area (Å²) in [6.45, 7) is 2.20. The molecule has 1 aliphatic rings. The van der Waals surface area contributed by atoms with E-state index in [9.17, 15) is 14.4 Å². The molecule has 0 aliphatic heterocycles. The van der Waals surface area contributed by atoms with Crippen LogP contribution in [-0.4, -0.2) is 42.6 Å². The average Bonchev–Trinajstić information content (AvgIpc) is 2.42. The number of hydrogen-bond donors (Lipinski definition) is 4. The van der Waals surface area contributed by atoms with Crippen LogP contribution in [0.15, 0.2) is 0 Å². The van der Waals surface area contributed by atoms with Crippen molar-refractivity contribution in [2.24, 2.45) is 11.8 Å². The summed E-state index contributed by atoms with van der Waals surface area (Å²) in [6, 6.07) is -0.394. The molecule has 1 rings (SSSR count). The van der Waals surface area contributed by atoms with Crippen molar-refractivity contribution in [2.75, 3.05) is 19.6 Å². The van der Waals surface area contributed by atoms with Crippen LogP contribution in [0, 0.1) is 11.8 Å². The predicted octanol–water partition coefficient (Wildman–Crippen LogP) is 0.313. The summed E-state index contributed by atoms with van der Waals surface area (Å²) < 4.78 is 0. The third-order valence-electron chi connectivity index (χ3n) is 3.53. The number of amides is 3. The third kappa shape index (κ3) is 6.96. The van der Waals surface area contributed by atoms with Crippen molar-refractivity contribution in [1.82, 2.24) is 16.0 Å². The molecule has 20 heavy (non-hydrogen) atoms. The molecule has 0 radical (unpaired) electrons. The average molecular weight is 285 g/mol. The second-order valence-corrected chi connectivity index (χ2v) is 5.36. The molecular weight excluding hydrogens is 262 g/mol. The Bertz CT molecular complexity index is 352. The lowest BCUT2D eigenvalue weighted by atomic mass is 9.83. The number of carbonyl (C=O) groups is 3. The lowest BCUT2D eigenvalue weighted by Crippen LogP contribution is -2.44. The van der Waals surface area contributed by atoms with Crippen LogP contribution in [0.4, 0.5) is 4.79 Å². The number of aliphatic carboxylic acids is 1. The van der Waals surface area contributed by atoms with Crippen LogP contribution >= 0.6 is 0 Å². The Hall–Kier alpha value is -1.79. The summed E-state index contributed by atoms with van der Waals surface area (Å²) >= 11 is 0. The van der Waals surface area contributed by atoms with Crippen LogP contribution in [0.2, 0.25) is 0 Å². The van der Waals surface area contributed by atoms with Gasteiger partial charge >= 0.3 is 12.0 Å². The van der Waals surface area contributed by atoms with E-state index in [1.807, 2.05) is 0 Å². The Morgan fingerprint density at radius 3 is 2.25 bits per heavy atom. The largest absolute Gasteiger partial charge is 0.480 e. The quantitative estimate of drug-likeness (QED) is 0.563. The van der Waals surface area contributed by atoms with Gasteiger partial charge in [0.05, 0.1) is 6.54 Å².